The minimum atomic E-state index is -4.83. The highest BCUT2D eigenvalue weighted by molar-refractivity contribution is 7.89. The predicted molar refractivity (Wildman–Crippen MR) is 102 cm³/mol. The Labute approximate surface area is 168 Å². The number of hydrogen-bond acceptors (Lipinski definition) is 7. The fourth-order valence-corrected chi connectivity index (χ4v) is 5.28. The van der Waals surface area contributed by atoms with Crippen LogP contribution in [0.3, 0.4) is 0 Å². The molecule has 1 saturated heterocycles. The van der Waals surface area contributed by atoms with Crippen molar-refractivity contribution in [3.8, 4) is 5.75 Å². The van der Waals surface area contributed by atoms with Crippen LogP contribution in [-0.4, -0.2) is 55.2 Å². The molecule has 0 aliphatic carbocycles. The molecule has 154 valence electrons. The summed E-state index contributed by atoms with van der Waals surface area (Å²) in [7, 11) is -3.82. The molecule has 0 radical (unpaired) electrons. The smallest absolute Gasteiger partial charge is 0.406 e. The van der Waals surface area contributed by atoms with Gasteiger partial charge in [0.05, 0.1) is 10.3 Å². The Kier molecular flexibility index (Phi) is 5.09. The molecule has 12 heteroatoms. The third kappa shape index (κ3) is 4.14. The minimum Gasteiger partial charge on any atom is -0.406 e. The zero-order valence-electron chi connectivity index (χ0n) is 14.8. The number of fused-ring (bicyclic) bond motifs is 1. The SMILES string of the molecule is O=S(=O)(c1ccc(OC(F)(F)F)cc1)N1CCN(c2ncnc3sccc23)CC1. The molecule has 3 aromatic rings. The average Bonchev–Trinajstić information content (AvgIpc) is 3.16. The zero-order valence-corrected chi connectivity index (χ0v) is 16.5. The summed E-state index contributed by atoms with van der Waals surface area (Å²) in [5.41, 5.74) is 0. The number of nitrogens with zero attached hydrogens (tertiary/aromatic N) is 4. The maximum atomic E-state index is 12.8. The van der Waals surface area contributed by atoms with Crippen molar-refractivity contribution >= 4 is 37.4 Å². The van der Waals surface area contributed by atoms with E-state index in [-0.39, 0.29) is 18.0 Å². The average molecular weight is 444 g/mol. The molecule has 0 bridgehead atoms. The van der Waals surface area contributed by atoms with Crippen LogP contribution < -0.4 is 9.64 Å². The number of ether oxygens (including phenoxy) is 1. The number of benzene rings is 1. The molecule has 0 amide bonds. The largest absolute Gasteiger partial charge is 0.573 e. The van der Waals surface area contributed by atoms with Crippen LogP contribution in [-0.2, 0) is 10.0 Å². The summed E-state index contributed by atoms with van der Waals surface area (Å²) in [5, 5.41) is 2.85. The van der Waals surface area contributed by atoms with E-state index < -0.39 is 22.1 Å². The van der Waals surface area contributed by atoms with E-state index in [1.807, 2.05) is 16.3 Å². The number of alkyl halides is 3. The molecular weight excluding hydrogens is 429 g/mol. The van der Waals surface area contributed by atoms with Crippen LogP contribution in [0.1, 0.15) is 0 Å². The maximum absolute atomic E-state index is 12.8. The first kappa shape index (κ1) is 19.9. The van der Waals surface area contributed by atoms with Gasteiger partial charge >= 0.3 is 6.36 Å². The van der Waals surface area contributed by atoms with Crippen LogP contribution in [0.5, 0.6) is 5.75 Å². The van der Waals surface area contributed by atoms with Crippen molar-refractivity contribution in [3.05, 3.63) is 42.0 Å². The molecule has 1 aliphatic heterocycles. The van der Waals surface area contributed by atoms with Crippen LogP contribution in [0.4, 0.5) is 19.0 Å². The van der Waals surface area contributed by atoms with Gasteiger partial charge < -0.3 is 9.64 Å². The molecule has 0 N–H and O–H groups in total. The highest BCUT2D eigenvalue weighted by Gasteiger charge is 2.32. The Morgan fingerprint density at radius 1 is 1.00 bits per heavy atom. The molecule has 7 nitrogen and oxygen atoms in total. The van der Waals surface area contributed by atoms with E-state index >= 15 is 0 Å². The van der Waals surface area contributed by atoms with Gasteiger partial charge in [0.25, 0.3) is 0 Å². The van der Waals surface area contributed by atoms with Crippen molar-refractivity contribution < 1.29 is 26.3 Å². The molecule has 0 unspecified atom stereocenters. The van der Waals surface area contributed by atoms with E-state index in [1.54, 1.807) is 0 Å². The van der Waals surface area contributed by atoms with Gasteiger partial charge in [-0.1, -0.05) is 0 Å². The standard InChI is InChI=1S/C17H15F3N4O3S2/c18-17(19,20)27-12-1-3-13(4-2-12)29(25,26)24-8-6-23(7-9-24)15-14-5-10-28-16(14)22-11-21-15/h1-5,10-11H,6-9H2. The second-order valence-electron chi connectivity index (χ2n) is 6.25. The Morgan fingerprint density at radius 2 is 1.69 bits per heavy atom. The van der Waals surface area contributed by atoms with Crippen molar-refractivity contribution in [2.75, 3.05) is 31.1 Å². The van der Waals surface area contributed by atoms with Crippen LogP contribution in [0.15, 0.2) is 46.9 Å². The zero-order chi connectivity index (χ0) is 20.6. The number of aromatic nitrogens is 2. The number of piperazine rings is 1. The van der Waals surface area contributed by atoms with Gasteiger partial charge in [0, 0.05) is 26.2 Å². The highest BCUT2D eigenvalue weighted by atomic mass is 32.2. The number of sulfonamides is 1. The van der Waals surface area contributed by atoms with Crippen LogP contribution in [0, 0.1) is 0 Å². The molecule has 0 atom stereocenters. The number of thiophene rings is 1. The molecule has 0 spiro atoms. The normalized spacial score (nSPS) is 16.3. The fourth-order valence-electron chi connectivity index (χ4n) is 3.13. The molecule has 0 saturated carbocycles. The third-order valence-corrected chi connectivity index (χ3v) is 7.21. The number of anilines is 1. The summed E-state index contributed by atoms with van der Waals surface area (Å²) in [6.07, 6.45) is -3.34. The lowest BCUT2D eigenvalue weighted by Gasteiger charge is -2.34. The Bertz CT molecular complexity index is 1110. The quantitative estimate of drug-likeness (QED) is 0.616. The van der Waals surface area contributed by atoms with Gasteiger partial charge in [0.15, 0.2) is 0 Å². The van der Waals surface area contributed by atoms with Crippen molar-refractivity contribution in [1.82, 2.24) is 14.3 Å². The molecule has 1 aliphatic rings. The van der Waals surface area contributed by atoms with E-state index in [9.17, 15) is 21.6 Å². The summed E-state index contributed by atoms with van der Waals surface area (Å²) in [5.74, 6) is 0.298. The molecule has 2 aromatic heterocycles. The van der Waals surface area contributed by atoms with Gasteiger partial charge in [0.1, 0.15) is 22.7 Å². The van der Waals surface area contributed by atoms with E-state index in [4.69, 9.17) is 0 Å². The van der Waals surface area contributed by atoms with Gasteiger partial charge in [-0.3, -0.25) is 0 Å². The number of halogens is 3. The monoisotopic (exact) mass is 444 g/mol. The van der Waals surface area contributed by atoms with Crippen molar-refractivity contribution in [3.63, 3.8) is 0 Å². The lowest BCUT2D eigenvalue weighted by atomic mass is 10.3. The van der Waals surface area contributed by atoms with Crippen LogP contribution in [0.25, 0.3) is 10.2 Å². The van der Waals surface area contributed by atoms with E-state index in [1.165, 1.54) is 22.0 Å². The predicted octanol–water partition coefficient (Wildman–Crippen LogP) is 3.10. The lowest BCUT2D eigenvalue weighted by Crippen LogP contribution is -2.49. The summed E-state index contributed by atoms with van der Waals surface area (Å²) in [4.78, 5) is 11.3. The molecular formula is C17H15F3N4O3S2. The number of hydrogen-bond donors (Lipinski definition) is 0. The summed E-state index contributed by atoms with van der Waals surface area (Å²) < 4.78 is 67.5. The molecule has 29 heavy (non-hydrogen) atoms. The Balaban J connectivity index is 1.47. The first-order valence-electron chi connectivity index (χ1n) is 8.53. The summed E-state index contributed by atoms with van der Waals surface area (Å²) in [6, 6.07) is 6.14. The highest BCUT2D eigenvalue weighted by Crippen LogP contribution is 2.29. The third-order valence-electron chi connectivity index (χ3n) is 4.47. The van der Waals surface area contributed by atoms with Crippen molar-refractivity contribution in [1.29, 1.82) is 0 Å². The topological polar surface area (TPSA) is 75.6 Å². The Morgan fingerprint density at radius 3 is 2.34 bits per heavy atom. The lowest BCUT2D eigenvalue weighted by molar-refractivity contribution is -0.274. The van der Waals surface area contributed by atoms with Crippen LogP contribution in [0.2, 0.25) is 0 Å². The Hall–Kier alpha value is -2.44. The van der Waals surface area contributed by atoms with Gasteiger partial charge in [-0.25, -0.2) is 18.4 Å². The summed E-state index contributed by atoms with van der Waals surface area (Å²) in [6.45, 7) is 1.35. The first-order valence-corrected chi connectivity index (χ1v) is 10.9. The molecule has 3 heterocycles. The van der Waals surface area contributed by atoms with Gasteiger partial charge in [-0.15, -0.1) is 24.5 Å². The van der Waals surface area contributed by atoms with E-state index in [0.29, 0.717) is 13.1 Å². The van der Waals surface area contributed by atoms with Gasteiger partial charge in [0.2, 0.25) is 10.0 Å². The van der Waals surface area contributed by atoms with Gasteiger partial charge in [-0.2, -0.15) is 4.31 Å². The van der Waals surface area contributed by atoms with Crippen LogP contribution >= 0.6 is 11.3 Å². The second-order valence-corrected chi connectivity index (χ2v) is 9.08. The van der Waals surface area contributed by atoms with E-state index in [2.05, 4.69) is 14.7 Å². The van der Waals surface area contributed by atoms with Crippen molar-refractivity contribution in [2.45, 2.75) is 11.3 Å². The fraction of sp³-hybridized carbons (Fsp3) is 0.294. The van der Waals surface area contributed by atoms with Crippen molar-refractivity contribution in [2.24, 2.45) is 0 Å². The minimum absolute atomic E-state index is 0.0808. The first-order chi connectivity index (χ1) is 13.7. The molecule has 1 fully saturated rings. The molecule has 1 aromatic carbocycles. The summed E-state index contributed by atoms with van der Waals surface area (Å²) >= 11 is 1.51. The van der Waals surface area contributed by atoms with E-state index in [0.717, 1.165) is 40.3 Å². The number of rotatable bonds is 4. The second kappa shape index (κ2) is 7.43. The molecule has 4 rings (SSSR count). The maximum Gasteiger partial charge on any atom is 0.573 e. The van der Waals surface area contributed by atoms with Gasteiger partial charge in [-0.05, 0) is 35.7 Å².